The summed E-state index contributed by atoms with van der Waals surface area (Å²) in [6.45, 7) is 1.57. The monoisotopic (exact) mass is 330 g/mol. The van der Waals surface area contributed by atoms with Crippen LogP contribution in [0.2, 0.25) is 0 Å². The van der Waals surface area contributed by atoms with Crippen LogP contribution in [0.3, 0.4) is 0 Å². The normalized spacial score (nSPS) is 16.2. The molecule has 1 heterocycles. The van der Waals surface area contributed by atoms with Crippen molar-refractivity contribution in [3.63, 3.8) is 0 Å². The average molecular weight is 330 g/mol. The molecule has 0 saturated heterocycles. The quantitative estimate of drug-likeness (QED) is 0.833. The fourth-order valence-corrected chi connectivity index (χ4v) is 2.40. The minimum Gasteiger partial charge on any atom is -0.305 e. The Labute approximate surface area is 136 Å². The summed E-state index contributed by atoms with van der Waals surface area (Å²) >= 11 is 0. The molecule has 1 aliphatic rings. The van der Waals surface area contributed by atoms with Gasteiger partial charge < -0.3 is 5.32 Å². The van der Waals surface area contributed by atoms with Gasteiger partial charge in [-0.2, -0.15) is 13.2 Å². The highest BCUT2D eigenvalue weighted by atomic mass is 19.4. The predicted octanol–water partition coefficient (Wildman–Crippen LogP) is 3.93. The third-order valence-electron chi connectivity index (χ3n) is 3.48. The van der Waals surface area contributed by atoms with Crippen LogP contribution in [-0.4, -0.2) is 11.7 Å². The van der Waals surface area contributed by atoms with Crippen LogP contribution >= 0.6 is 0 Å². The van der Waals surface area contributed by atoms with Crippen LogP contribution < -0.4 is 5.32 Å². The Kier molecular flexibility index (Phi) is 3.97. The molecule has 2 aromatic carbocycles. The summed E-state index contributed by atoms with van der Waals surface area (Å²) in [7, 11) is 0. The maximum absolute atomic E-state index is 12.9. The van der Waals surface area contributed by atoms with Gasteiger partial charge in [-0.05, 0) is 42.3 Å². The SMILES string of the molecule is Cc1cc(C2=N/C(=C\c3ccccc3)C(=O)N2)cc(C(F)(F)F)c1. The molecule has 2 aromatic rings. The smallest absolute Gasteiger partial charge is 0.305 e. The highest BCUT2D eigenvalue weighted by molar-refractivity contribution is 6.19. The van der Waals surface area contributed by atoms with E-state index in [1.807, 2.05) is 30.3 Å². The van der Waals surface area contributed by atoms with Gasteiger partial charge >= 0.3 is 6.18 Å². The number of hydrogen-bond acceptors (Lipinski definition) is 2. The molecule has 6 heteroatoms. The van der Waals surface area contributed by atoms with Gasteiger partial charge in [-0.25, -0.2) is 4.99 Å². The highest BCUT2D eigenvalue weighted by Gasteiger charge is 2.32. The van der Waals surface area contributed by atoms with Crippen molar-refractivity contribution in [2.45, 2.75) is 13.1 Å². The Morgan fingerprint density at radius 3 is 2.46 bits per heavy atom. The molecule has 0 unspecified atom stereocenters. The van der Waals surface area contributed by atoms with E-state index < -0.39 is 17.6 Å². The van der Waals surface area contributed by atoms with Gasteiger partial charge in [-0.3, -0.25) is 4.79 Å². The van der Waals surface area contributed by atoms with Crippen LogP contribution in [0.15, 0.2) is 59.2 Å². The van der Waals surface area contributed by atoms with E-state index in [0.29, 0.717) is 5.56 Å². The fraction of sp³-hybridized carbons (Fsp3) is 0.111. The zero-order valence-corrected chi connectivity index (χ0v) is 12.7. The maximum Gasteiger partial charge on any atom is 0.416 e. The van der Waals surface area contributed by atoms with Crippen molar-refractivity contribution >= 4 is 17.8 Å². The number of hydrogen-bond donors (Lipinski definition) is 1. The molecule has 0 bridgehead atoms. The van der Waals surface area contributed by atoms with Crippen molar-refractivity contribution in [3.8, 4) is 0 Å². The van der Waals surface area contributed by atoms with E-state index >= 15 is 0 Å². The van der Waals surface area contributed by atoms with Gasteiger partial charge in [0, 0.05) is 5.56 Å². The van der Waals surface area contributed by atoms with E-state index in [1.165, 1.54) is 0 Å². The van der Waals surface area contributed by atoms with Crippen LogP contribution in [0.4, 0.5) is 13.2 Å². The van der Waals surface area contributed by atoms with Crippen molar-refractivity contribution in [1.29, 1.82) is 0 Å². The Bertz CT molecular complexity index is 852. The number of nitrogens with zero attached hydrogens (tertiary/aromatic N) is 1. The summed E-state index contributed by atoms with van der Waals surface area (Å²) in [4.78, 5) is 16.2. The fourth-order valence-electron chi connectivity index (χ4n) is 2.40. The lowest BCUT2D eigenvalue weighted by molar-refractivity contribution is -0.137. The number of rotatable bonds is 2. The number of aryl methyl sites for hydroxylation is 1. The van der Waals surface area contributed by atoms with Gasteiger partial charge in [-0.1, -0.05) is 30.3 Å². The standard InChI is InChI=1S/C18H13F3N2O/c1-11-7-13(10-14(8-11)18(19,20)21)16-22-15(17(24)23-16)9-12-5-3-2-4-6-12/h2-10H,1H3,(H,22,23,24)/b15-9-. The topological polar surface area (TPSA) is 41.5 Å². The first-order valence-corrected chi connectivity index (χ1v) is 7.19. The first-order valence-electron chi connectivity index (χ1n) is 7.19. The summed E-state index contributed by atoms with van der Waals surface area (Å²) in [5.74, 6) is -0.319. The van der Waals surface area contributed by atoms with E-state index in [4.69, 9.17) is 0 Å². The number of amidine groups is 1. The molecule has 0 spiro atoms. The van der Waals surface area contributed by atoms with E-state index in [1.54, 1.807) is 19.1 Å². The molecule has 0 aromatic heterocycles. The Morgan fingerprint density at radius 2 is 1.79 bits per heavy atom. The lowest BCUT2D eigenvalue weighted by Crippen LogP contribution is -2.25. The molecule has 24 heavy (non-hydrogen) atoms. The molecule has 0 radical (unpaired) electrons. The van der Waals surface area contributed by atoms with Gasteiger partial charge in [0.15, 0.2) is 0 Å². The van der Waals surface area contributed by atoms with Gasteiger partial charge in [0.1, 0.15) is 11.5 Å². The number of alkyl halides is 3. The minimum atomic E-state index is -4.45. The molecule has 0 atom stereocenters. The summed E-state index contributed by atoms with van der Waals surface area (Å²) in [6, 6.07) is 12.7. The zero-order chi connectivity index (χ0) is 17.3. The Morgan fingerprint density at radius 1 is 1.08 bits per heavy atom. The Balaban J connectivity index is 1.99. The lowest BCUT2D eigenvalue weighted by atomic mass is 10.1. The van der Waals surface area contributed by atoms with E-state index in [9.17, 15) is 18.0 Å². The van der Waals surface area contributed by atoms with Crippen LogP contribution in [-0.2, 0) is 11.0 Å². The number of amides is 1. The van der Waals surface area contributed by atoms with Crippen molar-refractivity contribution in [2.75, 3.05) is 0 Å². The van der Waals surface area contributed by atoms with Crippen LogP contribution in [0.25, 0.3) is 6.08 Å². The predicted molar refractivity (Wildman–Crippen MR) is 85.3 cm³/mol. The largest absolute Gasteiger partial charge is 0.416 e. The first kappa shape index (κ1) is 16.0. The van der Waals surface area contributed by atoms with Crippen LogP contribution in [0.1, 0.15) is 22.3 Å². The van der Waals surface area contributed by atoms with E-state index in [-0.39, 0.29) is 17.1 Å². The van der Waals surface area contributed by atoms with E-state index in [2.05, 4.69) is 10.3 Å². The van der Waals surface area contributed by atoms with E-state index in [0.717, 1.165) is 17.7 Å². The zero-order valence-electron chi connectivity index (χ0n) is 12.7. The maximum atomic E-state index is 12.9. The summed E-state index contributed by atoms with van der Waals surface area (Å²) in [6.07, 6.45) is -2.87. The highest BCUT2D eigenvalue weighted by Crippen LogP contribution is 2.31. The number of carbonyl (C=O) groups is 1. The van der Waals surface area contributed by atoms with Gasteiger partial charge in [0.2, 0.25) is 0 Å². The molecule has 1 amide bonds. The average Bonchev–Trinajstić information content (AvgIpc) is 2.88. The molecule has 0 saturated carbocycles. The molecule has 0 aliphatic carbocycles. The Hall–Kier alpha value is -2.89. The summed E-state index contributed by atoms with van der Waals surface area (Å²) in [5, 5.41) is 2.52. The lowest BCUT2D eigenvalue weighted by Gasteiger charge is -2.10. The minimum absolute atomic E-state index is 0.122. The third-order valence-corrected chi connectivity index (χ3v) is 3.48. The summed E-state index contributed by atoms with van der Waals surface area (Å²) in [5.41, 5.74) is 0.846. The van der Waals surface area contributed by atoms with Gasteiger partial charge in [0.25, 0.3) is 5.91 Å². The van der Waals surface area contributed by atoms with Crippen molar-refractivity contribution in [1.82, 2.24) is 5.32 Å². The van der Waals surface area contributed by atoms with Crippen LogP contribution in [0, 0.1) is 6.92 Å². The molecule has 122 valence electrons. The second kappa shape index (κ2) is 5.96. The van der Waals surface area contributed by atoms with Crippen molar-refractivity contribution < 1.29 is 18.0 Å². The molecule has 0 fully saturated rings. The number of carbonyl (C=O) groups excluding carboxylic acids is 1. The number of benzene rings is 2. The molecule has 1 N–H and O–H groups in total. The third kappa shape index (κ3) is 3.37. The molecular formula is C18H13F3N2O. The molecular weight excluding hydrogens is 317 g/mol. The number of halogens is 3. The van der Waals surface area contributed by atoms with Gasteiger partial charge in [-0.15, -0.1) is 0 Å². The first-order chi connectivity index (χ1) is 11.3. The van der Waals surface area contributed by atoms with Gasteiger partial charge in [0.05, 0.1) is 5.56 Å². The number of nitrogens with one attached hydrogen (secondary N) is 1. The second-order valence-electron chi connectivity index (χ2n) is 5.44. The summed E-state index contributed by atoms with van der Waals surface area (Å²) < 4.78 is 38.8. The second-order valence-corrected chi connectivity index (χ2v) is 5.44. The van der Waals surface area contributed by atoms with Crippen LogP contribution in [0.5, 0.6) is 0 Å². The number of aliphatic imine (C=N–C) groups is 1. The van der Waals surface area contributed by atoms with Crippen molar-refractivity contribution in [2.24, 2.45) is 4.99 Å². The van der Waals surface area contributed by atoms with Crippen molar-refractivity contribution in [3.05, 3.63) is 76.5 Å². The molecule has 3 rings (SSSR count). The molecule has 3 nitrogen and oxygen atoms in total. The molecule has 1 aliphatic heterocycles.